The maximum atomic E-state index is 2.68. The molecular weight excluding hydrogens is 338 g/mol. The van der Waals surface area contributed by atoms with E-state index in [-0.39, 0.29) is 16.2 Å². The summed E-state index contributed by atoms with van der Waals surface area (Å²) in [6.07, 6.45) is 5.97. The van der Waals surface area contributed by atoms with Gasteiger partial charge in [-0.05, 0) is 34.2 Å². The van der Waals surface area contributed by atoms with E-state index in [9.17, 15) is 0 Å². The average molecular weight is 368 g/mol. The number of hydrogen-bond donors (Lipinski definition) is 0. The second kappa shape index (κ2) is 4.64. The second-order valence-corrected chi connectivity index (χ2v) is 10.7. The summed E-state index contributed by atoms with van der Waals surface area (Å²) >= 11 is 0. The standard InChI is InChI=1S/C27H29N/c1-25(2)16-10-7-12-18-22(16)28-23-17(25)11-8-13-19(23)27(5,6)21-15-9-14-20(24(21)28)26(18,3)4/h7-14,21H,15H2,1-6H3. The van der Waals surface area contributed by atoms with Crippen molar-refractivity contribution in [1.29, 1.82) is 0 Å². The molecule has 0 bridgehead atoms. The predicted octanol–water partition coefficient (Wildman–Crippen LogP) is 6.88. The lowest BCUT2D eigenvalue weighted by Gasteiger charge is -2.58. The van der Waals surface area contributed by atoms with Gasteiger partial charge in [0, 0.05) is 27.9 Å². The zero-order valence-corrected chi connectivity index (χ0v) is 17.9. The molecule has 1 aliphatic carbocycles. The van der Waals surface area contributed by atoms with Gasteiger partial charge in [-0.2, -0.15) is 0 Å². The zero-order chi connectivity index (χ0) is 19.6. The Hall–Kier alpha value is -2.28. The highest BCUT2D eigenvalue weighted by Crippen LogP contribution is 2.65. The van der Waals surface area contributed by atoms with E-state index in [4.69, 9.17) is 0 Å². The normalized spacial score (nSPS) is 26.2. The molecule has 0 spiro atoms. The summed E-state index contributed by atoms with van der Waals surface area (Å²) in [5.74, 6) is 0.525. The third kappa shape index (κ3) is 1.59. The maximum Gasteiger partial charge on any atom is 0.0540 e. The summed E-state index contributed by atoms with van der Waals surface area (Å²) in [6, 6.07) is 14.0. The second-order valence-electron chi connectivity index (χ2n) is 10.7. The molecular formula is C27H29N. The van der Waals surface area contributed by atoms with E-state index in [1.165, 1.54) is 39.2 Å². The number of nitrogens with zero attached hydrogens (tertiary/aromatic N) is 1. The number of allylic oxidation sites excluding steroid dienone is 4. The quantitative estimate of drug-likeness (QED) is 0.491. The van der Waals surface area contributed by atoms with Crippen molar-refractivity contribution in [2.24, 2.45) is 5.92 Å². The van der Waals surface area contributed by atoms with Gasteiger partial charge < -0.3 is 4.90 Å². The van der Waals surface area contributed by atoms with Crippen LogP contribution in [0.1, 0.15) is 70.2 Å². The van der Waals surface area contributed by atoms with Gasteiger partial charge in [0.15, 0.2) is 0 Å². The van der Waals surface area contributed by atoms with Crippen molar-refractivity contribution in [2.45, 2.75) is 64.2 Å². The smallest absolute Gasteiger partial charge is 0.0540 e. The molecule has 1 heteroatoms. The van der Waals surface area contributed by atoms with E-state index in [2.05, 4.69) is 95.0 Å². The molecule has 0 aromatic heterocycles. The van der Waals surface area contributed by atoms with E-state index < -0.39 is 0 Å². The van der Waals surface area contributed by atoms with Crippen LogP contribution in [0.15, 0.2) is 59.8 Å². The summed E-state index contributed by atoms with van der Waals surface area (Å²) in [5, 5.41) is 0. The number of benzene rings is 2. The van der Waals surface area contributed by atoms with E-state index in [1.807, 2.05) is 0 Å². The van der Waals surface area contributed by atoms with E-state index >= 15 is 0 Å². The topological polar surface area (TPSA) is 3.24 Å². The number of anilines is 2. The molecule has 0 saturated carbocycles. The predicted molar refractivity (Wildman–Crippen MR) is 117 cm³/mol. The van der Waals surface area contributed by atoms with Crippen LogP contribution in [0.2, 0.25) is 0 Å². The molecule has 0 N–H and O–H groups in total. The summed E-state index contributed by atoms with van der Waals surface area (Å²) in [5.41, 5.74) is 12.1. The molecule has 0 radical (unpaired) electrons. The van der Waals surface area contributed by atoms with Gasteiger partial charge in [-0.3, -0.25) is 0 Å². The Morgan fingerprint density at radius 2 is 1.29 bits per heavy atom. The Labute approximate surface area is 168 Å². The van der Waals surface area contributed by atoms with Crippen molar-refractivity contribution in [3.8, 4) is 0 Å². The number of hydrogen-bond acceptors (Lipinski definition) is 1. The third-order valence-corrected chi connectivity index (χ3v) is 8.28. The molecule has 3 aliphatic heterocycles. The molecule has 2 aromatic rings. The first-order valence-corrected chi connectivity index (χ1v) is 10.7. The van der Waals surface area contributed by atoms with Gasteiger partial charge >= 0.3 is 0 Å². The molecule has 4 aliphatic rings. The van der Waals surface area contributed by atoms with Crippen LogP contribution < -0.4 is 4.90 Å². The Bertz CT molecular complexity index is 1120. The highest BCUT2D eigenvalue weighted by atomic mass is 15.2. The van der Waals surface area contributed by atoms with E-state index in [0.29, 0.717) is 5.92 Å². The van der Waals surface area contributed by atoms with Crippen LogP contribution in [0.3, 0.4) is 0 Å². The van der Waals surface area contributed by atoms with Crippen LogP contribution in [0.5, 0.6) is 0 Å². The van der Waals surface area contributed by atoms with Crippen molar-refractivity contribution < 1.29 is 0 Å². The van der Waals surface area contributed by atoms with Gasteiger partial charge in [-0.25, -0.2) is 0 Å². The van der Waals surface area contributed by atoms with Crippen molar-refractivity contribution in [1.82, 2.24) is 0 Å². The van der Waals surface area contributed by atoms with Gasteiger partial charge in [0.1, 0.15) is 0 Å². The Balaban J connectivity index is 1.87. The monoisotopic (exact) mass is 367 g/mol. The minimum Gasteiger partial charge on any atom is -0.312 e. The minimum atomic E-state index is 0.00868. The first-order chi connectivity index (χ1) is 13.2. The highest BCUT2D eigenvalue weighted by Gasteiger charge is 2.54. The van der Waals surface area contributed by atoms with Gasteiger partial charge in [0.25, 0.3) is 0 Å². The Kier molecular flexibility index (Phi) is 2.76. The number of para-hydroxylation sites is 2. The van der Waals surface area contributed by atoms with E-state index in [1.54, 1.807) is 5.70 Å². The lowest BCUT2D eigenvalue weighted by atomic mass is 9.57. The largest absolute Gasteiger partial charge is 0.312 e. The van der Waals surface area contributed by atoms with Gasteiger partial charge in [-0.1, -0.05) is 90.1 Å². The highest BCUT2D eigenvalue weighted by molar-refractivity contribution is 5.90. The van der Waals surface area contributed by atoms with Crippen molar-refractivity contribution in [3.05, 3.63) is 82.1 Å². The first kappa shape index (κ1) is 16.7. The number of rotatable bonds is 0. The molecule has 3 heterocycles. The Morgan fingerprint density at radius 1 is 0.750 bits per heavy atom. The SMILES string of the molecule is CC1(C)C2=C3C(CC=C2)C(C)(C)c2cccc4c2N3c2c1cccc2C4(C)C. The van der Waals surface area contributed by atoms with Crippen LogP contribution >= 0.6 is 0 Å². The average Bonchev–Trinajstić information content (AvgIpc) is 2.66. The van der Waals surface area contributed by atoms with Crippen molar-refractivity contribution >= 4 is 11.4 Å². The molecule has 6 rings (SSSR count). The zero-order valence-electron chi connectivity index (χ0n) is 17.9. The van der Waals surface area contributed by atoms with Gasteiger partial charge in [0.05, 0.1) is 11.4 Å². The van der Waals surface area contributed by atoms with Gasteiger partial charge in [-0.15, -0.1) is 0 Å². The lowest BCUT2D eigenvalue weighted by Crippen LogP contribution is -2.50. The van der Waals surface area contributed by atoms with Crippen LogP contribution in [0.4, 0.5) is 11.4 Å². The molecule has 142 valence electrons. The summed E-state index contributed by atoms with van der Waals surface area (Å²) in [4.78, 5) is 2.68. The fourth-order valence-electron chi connectivity index (χ4n) is 6.58. The fraction of sp³-hybridized carbons (Fsp3) is 0.407. The molecule has 0 fully saturated rings. The van der Waals surface area contributed by atoms with Crippen molar-refractivity contribution in [2.75, 3.05) is 4.90 Å². The molecule has 1 nitrogen and oxygen atoms in total. The minimum absolute atomic E-state index is 0.00868. The Morgan fingerprint density at radius 3 is 1.93 bits per heavy atom. The van der Waals surface area contributed by atoms with Crippen LogP contribution in [-0.2, 0) is 16.2 Å². The van der Waals surface area contributed by atoms with Crippen LogP contribution in [0.25, 0.3) is 0 Å². The first-order valence-electron chi connectivity index (χ1n) is 10.7. The molecule has 28 heavy (non-hydrogen) atoms. The van der Waals surface area contributed by atoms with Crippen LogP contribution in [-0.4, -0.2) is 0 Å². The van der Waals surface area contributed by atoms with Crippen molar-refractivity contribution in [3.63, 3.8) is 0 Å². The van der Waals surface area contributed by atoms with Crippen LogP contribution in [0, 0.1) is 5.92 Å². The summed E-state index contributed by atoms with van der Waals surface area (Å²) in [6.45, 7) is 14.6. The molecule has 1 atom stereocenters. The fourth-order valence-corrected chi connectivity index (χ4v) is 6.58. The molecule has 0 saturated heterocycles. The summed E-state index contributed by atoms with van der Waals surface area (Å²) in [7, 11) is 0. The van der Waals surface area contributed by atoms with E-state index in [0.717, 1.165) is 6.42 Å². The summed E-state index contributed by atoms with van der Waals surface area (Å²) < 4.78 is 0. The molecule has 0 amide bonds. The molecule has 2 aromatic carbocycles. The maximum absolute atomic E-state index is 2.68. The lowest BCUT2D eigenvalue weighted by molar-refractivity contribution is 0.335. The third-order valence-electron chi connectivity index (χ3n) is 8.28. The molecule has 1 unspecified atom stereocenters. The van der Waals surface area contributed by atoms with Gasteiger partial charge in [0.2, 0.25) is 0 Å².